The highest BCUT2D eigenvalue weighted by molar-refractivity contribution is 5.71. The lowest BCUT2D eigenvalue weighted by Crippen LogP contribution is -2.30. The monoisotopic (exact) mass is 989 g/mol. The minimum atomic E-state index is -0.794. The number of allylic oxidation sites excluding steroid dienone is 14. The summed E-state index contributed by atoms with van der Waals surface area (Å²) in [5, 5.41) is 0. The Balaban J connectivity index is 4.44. The number of carbonyl (C=O) groups is 3. The van der Waals surface area contributed by atoms with Gasteiger partial charge in [-0.25, -0.2) is 0 Å². The van der Waals surface area contributed by atoms with Gasteiger partial charge in [0, 0.05) is 19.3 Å². The van der Waals surface area contributed by atoms with E-state index in [1.165, 1.54) is 141 Å². The number of unbranched alkanes of at least 4 members (excludes halogenated alkanes) is 29. The van der Waals surface area contributed by atoms with Crippen molar-refractivity contribution in [1.82, 2.24) is 0 Å². The summed E-state index contributed by atoms with van der Waals surface area (Å²) in [5.41, 5.74) is 0. The second-order valence-electron chi connectivity index (χ2n) is 19.9. The van der Waals surface area contributed by atoms with E-state index in [-0.39, 0.29) is 31.1 Å². The van der Waals surface area contributed by atoms with Crippen molar-refractivity contribution < 1.29 is 28.6 Å². The number of hydrogen-bond donors (Lipinski definition) is 0. The number of hydrogen-bond acceptors (Lipinski definition) is 6. The molecule has 0 fully saturated rings. The summed E-state index contributed by atoms with van der Waals surface area (Å²) in [4.78, 5) is 38.2. The standard InChI is InChI=1S/C65H112O6/c1-4-7-10-13-16-19-22-25-28-30-32-34-37-40-43-46-49-52-55-58-64(67)70-61-62(60-69-63(66)57-54-51-48-45-42-39-36-27-24-21-18-15-12-9-6-3)71-65(68)59-56-53-50-47-44-41-38-35-33-31-29-26-23-20-17-14-11-8-5-2/h16-17,19-20,25-29,32-36,62H,4-15,18,21-24,30-31,37-61H2,1-3H3/b19-16-,20-17-,28-25-,29-26-,34-32-,35-33-,36-27-. The number of esters is 3. The molecular weight excluding hydrogens is 877 g/mol. The average molecular weight is 990 g/mol. The Labute approximate surface area is 439 Å². The topological polar surface area (TPSA) is 78.9 Å². The molecule has 0 bridgehead atoms. The van der Waals surface area contributed by atoms with Gasteiger partial charge in [0.25, 0.3) is 0 Å². The van der Waals surface area contributed by atoms with E-state index < -0.39 is 6.10 Å². The van der Waals surface area contributed by atoms with Gasteiger partial charge in [-0.1, -0.05) is 234 Å². The molecule has 0 saturated heterocycles. The number of carbonyl (C=O) groups excluding carboxylic acids is 3. The molecule has 0 aliphatic carbocycles. The van der Waals surface area contributed by atoms with E-state index in [9.17, 15) is 14.4 Å². The minimum Gasteiger partial charge on any atom is -0.462 e. The van der Waals surface area contributed by atoms with Crippen LogP contribution in [0, 0.1) is 0 Å². The summed E-state index contributed by atoms with van der Waals surface area (Å²) in [6, 6.07) is 0. The summed E-state index contributed by atoms with van der Waals surface area (Å²) >= 11 is 0. The van der Waals surface area contributed by atoms with Crippen molar-refractivity contribution in [2.75, 3.05) is 13.2 Å². The first-order chi connectivity index (χ1) is 35.0. The summed E-state index contributed by atoms with van der Waals surface area (Å²) in [6.45, 7) is 6.57. The molecule has 0 radical (unpaired) electrons. The van der Waals surface area contributed by atoms with Crippen LogP contribution < -0.4 is 0 Å². The van der Waals surface area contributed by atoms with Crippen molar-refractivity contribution >= 4 is 17.9 Å². The molecule has 1 unspecified atom stereocenters. The number of ether oxygens (including phenoxy) is 3. The Morgan fingerprint density at radius 2 is 0.507 bits per heavy atom. The van der Waals surface area contributed by atoms with Gasteiger partial charge in [0.2, 0.25) is 0 Å². The highest BCUT2D eigenvalue weighted by Crippen LogP contribution is 2.15. The Morgan fingerprint density at radius 1 is 0.282 bits per heavy atom. The van der Waals surface area contributed by atoms with E-state index >= 15 is 0 Å². The molecular formula is C65H112O6. The van der Waals surface area contributed by atoms with Crippen molar-refractivity contribution in [2.24, 2.45) is 0 Å². The maximum atomic E-state index is 12.9. The van der Waals surface area contributed by atoms with Gasteiger partial charge in [-0.3, -0.25) is 14.4 Å². The van der Waals surface area contributed by atoms with E-state index in [2.05, 4.69) is 106 Å². The summed E-state index contributed by atoms with van der Waals surface area (Å²) in [6.07, 6.45) is 77.1. The second-order valence-corrected chi connectivity index (χ2v) is 19.9. The molecule has 0 amide bonds. The van der Waals surface area contributed by atoms with Crippen LogP contribution in [0.15, 0.2) is 85.1 Å². The van der Waals surface area contributed by atoms with Crippen LogP contribution >= 0.6 is 0 Å². The summed E-state index contributed by atoms with van der Waals surface area (Å²) < 4.78 is 16.9. The summed E-state index contributed by atoms with van der Waals surface area (Å²) in [5.74, 6) is -0.916. The Bertz CT molecular complexity index is 1370. The first kappa shape index (κ1) is 67.6. The van der Waals surface area contributed by atoms with Crippen molar-refractivity contribution in [3.8, 4) is 0 Å². The van der Waals surface area contributed by atoms with Crippen molar-refractivity contribution in [3.05, 3.63) is 85.1 Å². The van der Waals surface area contributed by atoms with E-state index in [1.807, 2.05) is 0 Å². The van der Waals surface area contributed by atoms with Crippen LogP contribution in [0.3, 0.4) is 0 Å². The van der Waals surface area contributed by atoms with E-state index in [4.69, 9.17) is 14.2 Å². The zero-order valence-corrected chi connectivity index (χ0v) is 46.7. The van der Waals surface area contributed by atoms with Crippen LogP contribution in [0.2, 0.25) is 0 Å². The lowest BCUT2D eigenvalue weighted by atomic mass is 10.1. The molecule has 0 aromatic heterocycles. The molecule has 0 rings (SSSR count). The Hall–Kier alpha value is -3.41. The molecule has 0 spiro atoms. The second kappa shape index (κ2) is 59.2. The average Bonchev–Trinajstić information content (AvgIpc) is 3.37. The largest absolute Gasteiger partial charge is 0.462 e. The fraction of sp³-hybridized carbons (Fsp3) is 0.738. The normalized spacial score (nSPS) is 12.7. The smallest absolute Gasteiger partial charge is 0.306 e. The van der Waals surface area contributed by atoms with Crippen molar-refractivity contribution in [1.29, 1.82) is 0 Å². The first-order valence-electron chi connectivity index (χ1n) is 30.1. The van der Waals surface area contributed by atoms with Gasteiger partial charge in [0.1, 0.15) is 13.2 Å². The molecule has 0 aliphatic rings. The van der Waals surface area contributed by atoms with Gasteiger partial charge in [-0.2, -0.15) is 0 Å². The SMILES string of the molecule is CCCCC/C=C\C/C=C\C/C=C\CCCCCCCCC(=O)OCC(COC(=O)CCCCCCC/C=C\CCCCCCCC)OC(=O)CCCCCCCC/C=C\C/C=C\C/C=C\CCCCC. The maximum Gasteiger partial charge on any atom is 0.306 e. The fourth-order valence-electron chi connectivity index (χ4n) is 8.27. The maximum absolute atomic E-state index is 12.9. The predicted molar refractivity (Wildman–Crippen MR) is 307 cm³/mol. The first-order valence-corrected chi connectivity index (χ1v) is 30.1. The molecule has 0 heterocycles. The van der Waals surface area contributed by atoms with Crippen LogP contribution in [0.25, 0.3) is 0 Å². The molecule has 6 heteroatoms. The van der Waals surface area contributed by atoms with Gasteiger partial charge in [-0.15, -0.1) is 0 Å². The van der Waals surface area contributed by atoms with Gasteiger partial charge in [-0.05, 0) is 122 Å². The third kappa shape index (κ3) is 57.4. The lowest BCUT2D eigenvalue weighted by Gasteiger charge is -2.18. The molecule has 0 aromatic rings. The van der Waals surface area contributed by atoms with Crippen LogP contribution in [0.1, 0.15) is 290 Å². The quantitative estimate of drug-likeness (QED) is 0.0261. The Morgan fingerprint density at radius 3 is 0.831 bits per heavy atom. The minimum absolute atomic E-state index is 0.0903. The van der Waals surface area contributed by atoms with Crippen molar-refractivity contribution in [2.45, 2.75) is 297 Å². The van der Waals surface area contributed by atoms with Crippen molar-refractivity contribution in [3.63, 3.8) is 0 Å². The predicted octanol–water partition coefficient (Wildman–Crippen LogP) is 20.3. The van der Waals surface area contributed by atoms with Crippen LogP contribution in [-0.2, 0) is 28.6 Å². The van der Waals surface area contributed by atoms with E-state index in [1.54, 1.807) is 0 Å². The van der Waals surface area contributed by atoms with Crippen LogP contribution in [-0.4, -0.2) is 37.2 Å². The third-order valence-electron chi connectivity index (χ3n) is 12.8. The van der Waals surface area contributed by atoms with E-state index in [0.717, 1.165) is 109 Å². The summed E-state index contributed by atoms with van der Waals surface area (Å²) in [7, 11) is 0. The van der Waals surface area contributed by atoms with Crippen LogP contribution in [0.4, 0.5) is 0 Å². The van der Waals surface area contributed by atoms with Crippen LogP contribution in [0.5, 0.6) is 0 Å². The Kier molecular flexibility index (Phi) is 56.3. The molecule has 6 nitrogen and oxygen atoms in total. The number of rotatable bonds is 54. The molecule has 408 valence electrons. The molecule has 71 heavy (non-hydrogen) atoms. The highest BCUT2D eigenvalue weighted by atomic mass is 16.6. The van der Waals surface area contributed by atoms with E-state index in [0.29, 0.717) is 19.3 Å². The van der Waals surface area contributed by atoms with Gasteiger partial charge in [0.15, 0.2) is 6.10 Å². The lowest BCUT2D eigenvalue weighted by molar-refractivity contribution is -0.167. The molecule has 0 aromatic carbocycles. The molecule has 1 atom stereocenters. The third-order valence-corrected chi connectivity index (χ3v) is 12.8. The fourth-order valence-corrected chi connectivity index (χ4v) is 8.27. The molecule has 0 N–H and O–H groups in total. The highest BCUT2D eigenvalue weighted by Gasteiger charge is 2.19. The molecule has 0 saturated carbocycles. The van der Waals surface area contributed by atoms with Gasteiger partial charge >= 0.3 is 17.9 Å². The van der Waals surface area contributed by atoms with Gasteiger partial charge < -0.3 is 14.2 Å². The zero-order chi connectivity index (χ0) is 51.4. The molecule has 0 aliphatic heterocycles. The zero-order valence-electron chi connectivity index (χ0n) is 46.7. The van der Waals surface area contributed by atoms with Gasteiger partial charge in [0.05, 0.1) is 0 Å².